The van der Waals surface area contributed by atoms with Crippen molar-refractivity contribution in [2.24, 2.45) is 11.7 Å². The van der Waals surface area contributed by atoms with Gasteiger partial charge in [0.1, 0.15) is 40.8 Å². The molecule has 0 unspecified atom stereocenters. The van der Waals surface area contributed by atoms with E-state index in [0.717, 1.165) is 33.0 Å². The first-order chi connectivity index (χ1) is 12.8. The number of thiazole rings is 1. The SMILES string of the molecule is Cc1nc2c(-c3ccc(OC[C@@](C)(N)CC(C)C)c(C#N)c3)ncnc2s1. The number of hydrogen-bond acceptors (Lipinski definition) is 7. The Bertz CT molecular complexity index is 1000. The van der Waals surface area contributed by atoms with Gasteiger partial charge in [-0.15, -0.1) is 0 Å². The van der Waals surface area contributed by atoms with Crippen LogP contribution >= 0.6 is 11.3 Å². The maximum Gasteiger partial charge on any atom is 0.147 e. The van der Waals surface area contributed by atoms with Crippen molar-refractivity contribution in [1.29, 1.82) is 5.26 Å². The van der Waals surface area contributed by atoms with Crippen LogP contribution in [0.4, 0.5) is 0 Å². The molecule has 2 heterocycles. The van der Waals surface area contributed by atoms with E-state index in [1.807, 2.05) is 19.9 Å². The summed E-state index contributed by atoms with van der Waals surface area (Å²) in [5, 5.41) is 10.5. The van der Waals surface area contributed by atoms with Crippen LogP contribution in [0.2, 0.25) is 0 Å². The summed E-state index contributed by atoms with van der Waals surface area (Å²) in [6.45, 7) is 8.51. The van der Waals surface area contributed by atoms with E-state index in [1.54, 1.807) is 12.1 Å². The van der Waals surface area contributed by atoms with Gasteiger partial charge in [-0.1, -0.05) is 25.2 Å². The second-order valence-electron chi connectivity index (χ2n) is 7.47. The van der Waals surface area contributed by atoms with Crippen LogP contribution in [0.25, 0.3) is 21.6 Å². The number of nitrogens with two attached hydrogens (primary N) is 1. The van der Waals surface area contributed by atoms with Crippen molar-refractivity contribution in [2.45, 2.75) is 39.7 Å². The second kappa shape index (κ2) is 7.59. The van der Waals surface area contributed by atoms with Gasteiger partial charge in [-0.3, -0.25) is 0 Å². The number of hydrogen-bond donors (Lipinski definition) is 1. The predicted molar refractivity (Wildman–Crippen MR) is 108 cm³/mol. The van der Waals surface area contributed by atoms with Crippen LogP contribution in [0, 0.1) is 24.2 Å². The zero-order valence-corrected chi connectivity index (χ0v) is 16.8. The van der Waals surface area contributed by atoms with E-state index in [9.17, 15) is 5.26 Å². The molecule has 0 aliphatic heterocycles. The van der Waals surface area contributed by atoms with Crippen molar-refractivity contribution in [3.05, 3.63) is 35.1 Å². The van der Waals surface area contributed by atoms with E-state index in [0.29, 0.717) is 23.8 Å². The average Bonchev–Trinajstić information content (AvgIpc) is 2.99. The zero-order chi connectivity index (χ0) is 19.6. The van der Waals surface area contributed by atoms with Crippen LogP contribution in [0.5, 0.6) is 5.75 Å². The van der Waals surface area contributed by atoms with Gasteiger partial charge in [0.05, 0.1) is 10.6 Å². The summed E-state index contributed by atoms with van der Waals surface area (Å²) in [4.78, 5) is 14.0. The Morgan fingerprint density at radius 2 is 2.11 bits per heavy atom. The Morgan fingerprint density at radius 1 is 1.33 bits per heavy atom. The van der Waals surface area contributed by atoms with E-state index in [1.165, 1.54) is 17.7 Å². The monoisotopic (exact) mass is 381 g/mol. The minimum absolute atomic E-state index is 0.349. The van der Waals surface area contributed by atoms with Crippen molar-refractivity contribution in [2.75, 3.05) is 6.61 Å². The van der Waals surface area contributed by atoms with E-state index in [2.05, 4.69) is 34.9 Å². The number of rotatable bonds is 6. The topological polar surface area (TPSA) is 97.7 Å². The lowest BCUT2D eigenvalue weighted by atomic mass is 9.93. The van der Waals surface area contributed by atoms with Gasteiger partial charge in [-0.25, -0.2) is 15.0 Å². The Balaban J connectivity index is 1.89. The van der Waals surface area contributed by atoms with E-state index < -0.39 is 5.54 Å². The first kappa shape index (κ1) is 19.2. The lowest BCUT2D eigenvalue weighted by molar-refractivity contribution is 0.206. The summed E-state index contributed by atoms with van der Waals surface area (Å²) in [6.07, 6.45) is 2.37. The van der Waals surface area contributed by atoms with Crippen LogP contribution < -0.4 is 10.5 Å². The first-order valence-corrected chi connectivity index (χ1v) is 9.65. The molecule has 2 N–H and O–H groups in total. The molecule has 7 heteroatoms. The van der Waals surface area contributed by atoms with Gasteiger partial charge in [-0.2, -0.15) is 5.26 Å². The number of nitriles is 1. The van der Waals surface area contributed by atoms with E-state index >= 15 is 0 Å². The van der Waals surface area contributed by atoms with Gasteiger partial charge >= 0.3 is 0 Å². The second-order valence-corrected chi connectivity index (χ2v) is 8.65. The lowest BCUT2D eigenvalue weighted by Crippen LogP contribution is -2.43. The molecule has 140 valence electrons. The smallest absolute Gasteiger partial charge is 0.147 e. The minimum Gasteiger partial charge on any atom is -0.490 e. The maximum atomic E-state index is 9.57. The highest BCUT2D eigenvalue weighted by molar-refractivity contribution is 7.18. The molecule has 27 heavy (non-hydrogen) atoms. The molecule has 3 aromatic rings. The van der Waals surface area contributed by atoms with Crippen LogP contribution in [-0.2, 0) is 0 Å². The molecular formula is C20H23N5OS. The molecule has 3 rings (SSSR count). The third kappa shape index (κ3) is 4.41. The van der Waals surface area contributed by atoms with Crippen molar-refractivity contribution in [3.8, 4) is 23.1 Å². The molecule has 0 fully saturated rings. The Kier molecular flexibility index (Phi) is 5.40. The Hall–Kier alpha value is -2.56. The third-order valence-electron chi connectivity index (χ3n) is 4.11. The number of aromatic nitrogens is 3. The first-order valence-electron chi connectivity index (χ1n) is 8.83. The van der Waals surface area contributed by atoms with E-state index in [4.69, 9.17) is 10.5 Å². The molecular weight excluding hydrogens is 358 g/mol. The Morgan fingerprint density at radius 3 is 2.81 bits per heavy atom. The van der Waals surface area contributed by atoms with Crippen LogP contribution in [0.15, 0.2) is 24.5 Å². The fourth-order valence-corrected chi connectivity index (χ4v) is 3.95. The molecule has 0 saturated heterocycles. The molecule has 2 aromatic heterocycles. The summed E-state index contributed by atoms with van der Waals surface area (Å²) >= 11 is 1.52. The van der Waals surface area contributed by atoms with Crippen molar-refractivity contribution >= 4 is 21.7 Å². The summed E-state index contributed by atoms with van der Waals surface area (Å²) in [5.74, 6) is 1.00. The lowest BCUT2D eigenvalue weighted by Gasteiger charge is -2.26. The number of benzene rings is 1. The summed E-state index contributed by atoms with van der Waals surface area (Å²) < 4.78 is 5.88. The summed E-state index contributed by atoms with van der Waals surface area (Å²) in [5.41, 5.74) is 8.60. The number of fused-ring (bicyclic) bond motifs is 1. The molecule has 0 aliphatic rings. The standard InChI is InChI=1S/C20H23N5OS/c1-12(2)8-20(4,22)10-26-16-6-5-14(7-15(16)9-21)17-18-19(24-11-23-17)27-13(3)25-18/h5-7,11-12H,8,10,22H2,1-4H3/t20-/m0/s1. The zero-order valence-electron chi connectivity index (χ0n) is 16.0. The maximum absolute atomic E-state index is 9.57. The van der Waals surface area contributed by atoms with Crippen molar-refractivity contribution in [3.63, 3.8) is 0 Å². The quantitative estimate of drug-likeness (QED) is 0.691. The van der Waals surface area contributed by atoms with Gasteiger partial charge in [0.25, 0.3) is 0 Å². The normalized spacial score (nSPS) is 13.5. The predicted octanol–water partition coefficient (Wildman–Crippen LogP) is 4.08. The van der Waals surface area contributed by atoms with E-state index in [-0.39, 0.29) is 0 Å². The molecule has 1 atom stereocenters. The van der Waals surface area contributed by atoms with Gasteiger partial charge in [0.15, 0.2) is 0 Å². The van der Waals surface area contributed by atoms with Gasteiger partial charge in [0, 0.05) is 11.1 Å². The molecule has 0 spiro atoms. The largest absolute Gasteiger partial charge is 0.490 e. The molecule has 0 bridgehead atoms. The molecule has 1 aromatic carbocycles. The third-order valence-corrected chi connectivity index (χ3v) is 4.99. The van der Waals surface area contributed by atoms with Gasteiger partial charge in [0.2, 0.25) is 0 Å². The van der Waals surface area contributed by atoms with Crippen molar-refractivity contribution < 1.29 is 4.74 Å². The van der Waals surface area contributed by atoms with Gasteiger partial charge in [-0.05, 0) is 44.4 Å². The molecule has 0 aliphatic carbocycles. The highest BCUT2D eigenvalue weighted by Gasteiger charge is 2.22. The van der Waals surface area contributed by atoms with Crippen LogP contribution in [-0.4, -0.2) is 27.1 Å². The number of ether oxygens (including phenoxy) is 1. The molecule has 0 radical (unpaired) electrons. The Labute approximate surface area is 163 Å². The molecule has 0 amide bonds. The fraction of sp³-hybridized carbons (Fsp3) is 0.400. The molecule has 0 saturated carbocycles. The highest BCUT2D eigenvalue weighted by Crippen LogP contribution is 2.31. The van der Waals surface area contributed by atoms with Crippen LogP contribution in [0.3, 0.4) is 0 Å². The minimum atomic E-state index is -0.448. The fourth-order valence-electron chi connectivity index (χ4n) is 3.19. The number of nitrogens with zero attached hydrogens (tertiary/aromatic N) is 4. The summed E-state index contributed by atoms with van der Waals surface area (Å²) in [7, 11) is 0. The van der Waals surface area contributed by atoms with Crippen LogP contribution in [0.1, 0.15) is 37.8 Å². The number of aryl methyl sites for hydroxylation is 1. The van der Waals surface area contributed by atoms with Crippen molar-refractivity contribution in [1.82, 2.24) is 15.0 Å². The highest BCUT2D eigenvalue weighted by atomic mass is 32.1. The van der Waals surface area contributed by atoms with Gasteiger partial charge < -0.3 is 10.5 Å². The average molecular weight is 382 g/mol. The molecule has 6 nitrogen and oxygen atoms in total. The summed E-state index contributed by atoms with van der Waals surface area (Å²) in [6, 6.07) is 7.68.